The molecule has 1 atom stereocenters. The van der Waals surface area contributed by atoms with Crippen molar-refractivity contribution in [1.29, 1.82) is 0 Å². The molecule has 3 rings (SSSR count). The van der Waals surface area contributed by atoms with Gasteiger partial charge in [-0.2, -0.15) is 0 Å². The Labute approximate surface area is 143 Å². The number of hydrogen-bond donors (Lipinski definition) is 3. The highest BCUT2D eigenvalue weighted by Gasteiger charge is 2.25. The molecule has 1 aliphatic carbocycles. The van der Waals surface area contributed by atoms with Crippen LogP contribution < -0.4 is 16.0 Å². The molecule has 6 heteroatoms. The number of nitrogens with one attached hydrogen (secondary N) is 3. The van der Waals surface area contributed by atoms with Crippen LogP contribution in [0.15, 0.2) is 24.3 Å². The second-order valence-corrected chi connectivity index (χ2v) is 6.18. The normalized spacial score (nSPS) is 20.3. The SMILES string of the molecule is Cl.O=C(Nc1cccc(CNC(=O)C2CCCN2)c1)C1CCC1. The van der Waals surface area contributed by atoms with Gasteiger partial charge in [0.25, 0.3) is 0 Å². The van der Waals surface area contributed by atoms with Crippen LogP contribution in [0.4, 0.5) is 5.69 Å². The van der Waals surface area contributed by atoms with Gasteiger partial charge in [0.15, 0.2) is 0 Å². The lowest BCUT2D eigenvalue weighted by Gasteiger charge is -2.24. The third kappa shape index (κ3) is 4.69. The summed E-state index contributed by atoms with van der Waals surface area (Å²) >= 11 is 0. The van der Waals surface area contributed by atoms with Gasteiger partial charge in [-0.3, -0.25) is 9.59 Å². The molecule has 5 nitrogen and oxygen atoms in total. The van der Waals surface area contributed by atoms with E-state index in [1.807, 2.05) is 24.3 Å². The Morgan fingerprint density at radius 1 is 1.13 bits per heavy atom. The third-order valence-electron chi connectivity index (χ3n) is 4.51. The zero-order chi connectivity index (χ0) is 15.4. The Bertz CT molecular complexity index is 555. The summed E-state index contributed by atoms with van der Waals surface area (Å²) in [6.07, 6.45) is 5.11. The molecule has 2 fully saturated rings. The van der Waals surface area contributed by atoms with E-state index in [0.29, 0.717) is 6.54 Å². The van der Waals surface area contributed by atoms with Gasteiger partial charge in [-0.15, -0.1) is 12.4 Å². The van der Waals surface area contributed by atoms with Crippen molar-refractivity contribution >= 4 is 29.9 Å². The molecule has 3 N–H and O–H groups in total. The molecular weight excluding hydrogens is 314 g/mol. The second-order valence-electron chi connectivity index (χ2n) is 6.18. The Morgan fingerprint density at radius 2 is 1.96 bits per heavy atom. The smallest absolute Gasteiger partial charge is 0.237 e. The highest BCUT2D eigenvalue weighted by molar-refractivity contribution is 5.93. The topological polar surface area (TPSA) is 70.2 Å². The van der Waals surface area contributed by atoms with Crippen molar-refractivity contribution in [2.75, 3.05) is 11.9 Å². The largest absolute Gasteiger partial charge is 0.351 e. The van der Waals surface area contributed by atoms with Crippen LogP contribution >= 0.6 is 12.4 Å². The first-order chi connectivity index (χ1) is 10.7. The number of halogens is 1. The van der Waals surface area contributed by atoms with Gasteiger partial charge in [0, 0.05) is 18.2 Å². The average molecular weight is 338 g/mol. The van der Waals surface area contributed by atoms with Gasteiger partial charge in [0.2, 0.25) is 11.8 Å². The molecule has 1 heterocycles. The van der Waals surface area contributed by atoms with Crippen LogP contribution in [0.5, 0.6) is 0 Å². The molecular formula is C17H24ClN3O2. The second kappa shape index (κ2) is 8.31. The van der Waals surface area contributed by atoms with Crippen LogP contribution in [0.25, 0.3) is 0 Å². The van der Waals surface area contributed by atoms with Crippen molar-refractivity contribution in [3.63, 3.8) is 0 Å². The quantitative estimate of drug-likeness (QED) is 0.771. The first-order valence-electron chi connectivity index (χ1n) is 8.13. The molecule has 1 aromatic rings. The average Bonchev–Trinajstić information content (AvgIpc) is 2.97. The van der Waals surface area contributed by atoms with Crippen molar-refractivity contribution in [1.82, 2.24) is 10.6 Å². The molecule has 0 bridgehead atoms. The lowest BCUT2D eigenvalue weighted by molar-refractivity contribution is -0.123. The summed E-state index contributed by atoms with van der Waals surface area (Å²) in [4.78, 5) is 23.9. The van der Waals surface area contributed by atoms with Crippen LogP contribution in [-0.4, -0.2) is 24.4 Å². The van der Waals surface area contributed by atoms with Crippen molar-refractivity contribution in [2.24, 2.45) is 5.92 Å². The molecule has 126 valence electrons. The fraction of sp³-hybridized carbons (Fsp3) is 0.529. The summed E-state index contributed by atoms with van der Waals surface area (Å²) in [6.45, 7) is 1.41. The molecule has 1 saturated carbocycles. The van der Waals surface area contributed by atoms with Crippen LogP contribution in [-0.2, 0) is 16.1 Å². The molecule has 2 aliphatic rings. The first-order valence-corrected chi connectivity index (χ1v) is 8.13. The van der Waals surface area contributed by atoms with Gasteiger partial charge in [-0.25, -0.2) is 0 Å². The Hall–Kier alpha value is -1.59. The summed E-state index contributed by atoms with van der Waals surface area (Å²) < 4.78 is 0. The number of rotatable bonds is 5. The van der Waals surface area contributed by atoms with E-state index >= 15 is 0 Å². The van der Waals surface area contributed by atoms with E-state index < -0.39 is 0 Å². The van der Waals surface area contributed by atoms with E-state index in [4.69, 9.17) is 0 Å². The molecule has 1 unspecified atom stereocenters. The Morgan fingerprint density at radius 3 is 2.61 bits per heavy atom. The summed E-state index contributed by atoms with van der Waals surface area (Å²) in [5.41, 5.74) is 1.81. The van der Waals surface area contributed by atoms with E-state index in [9.17, 15) is 9.59 Å². The molecule has 23 heavy (non-hydrogen) atoms. The van der Waals surface area contributed by atoms with Gasteiger partial charge in [-0.1, -0.05) is 18.6 Å². The van der Waals surface area contributed by atoms with E-state index in [-0.39, 0.29) is 36.2 Å². The number of hydrogen-bond acceptors (Lipinski definition) is 3. The minimum atomic E-state index is -0.0542. The highest BCUT2D eigenvalue weighted by Crippen LogP contribution is 2.27. The Balaban J connectivity index is 0.00000192. The third-order valence-corrected chi connectivity index (χ3v) is 4.51. The molecule has 0 radical (unpaired) electrons. The fourth-order valence-corrected chi connectivity index (χ4v) is 2.89. The maximum absolute atomic E-state index is 12.0. The Kier molecular flexibility index (Phi) is 6.42. The van der Waals surface area contributed by atoms with Crippen LogP contribution in [0.3, 0.4) is 0 Å². The zero-order valence-corrected chi connectivity index (χ0v) is 14.0. The van der Waals surface area contributed by atoms with E-state index in [2.05, 4.69) is 16.0 Å². The summed E-state index contributed by atoms with van der Waals surface area (Å²) in [6, 6.07) is 7.63. The summed E-state index contributed by atoms with van der Waals surface area (Å²) in [5.74, 6) is 0.348. The predicted octanol–water partition coefficient (Wildman–Crippen LogP) is 2.22. The molecule has 2 amide bonds. The van der Waals surface area contributed by atoms with E-state index in [1.54, 1.807) is 0 Å². The van der Waals surface area contributed by atoms with Gasteiger partial charge in [-0.05, 0) is 49.9 Å². The standard InChI is InChI=1S/C17H23N3O2.ClH/c21-16(13-5-2-6-13)20-14-7-1-4-12(10-14)11-19-17(22)15-8-3-9-18-15;/h1,4,7,10,13,15,18H,2-3,5-6,8-9,11H2,(H,19,22)(H,20,21);1H. The van der Waals surface area contributed by atoms with Crippen molar-refractivity contribution in [2.45, 2.75) is 44.7 Å². The van der Waals surface area contributed by atoms with Crippen LogP contribution in [0.2, 0.25) is 0 Å². The van der Waals surface area contributed by atoms with Crippen molar-refractivity contribution < 1.29 is 9.59 Å². The van der Waals surface area contributed by atoms with Gasteiger partial charge in [0.05, 0.1) is 6.04 Å². The minimum absolute atomic E-state index is 0. The zero-order valence-electron chi connectivity index (χ0n) is 13.1. The molecule has 1 aliphatic heterocycles. The number of carbonyl (C=O) groups is 2. The first kappa shape index (κ1) is 17.8. The number of carbonyl (C=O) groups excluding carboxylic acids is 2. The molecule has 1 aromatic carbocycles. The van der Waals surface area contributed by atoms with Gasteiger partial charge < -0.3 is 16.0 Å². The van der Waals surface area contributed by atoms with Crippen LogP contribution in [0, 0.1) is 5.92 Å². The number of amides is 2. The van der Waals surface area contributed by atoms with E-state index in [1.165, 1.54) is 0 Å². The summed E-state index contributed by atoms with van der Waals surface area (Å²) in [7, 11) is 0. The van der Waals surface area contributed by atoms with Crippen molar-refractivity contribution in [3.8, 4) is 0 Å². The predicted molar refractivity (Wildman–Crippen MR) is 92.5 cm³/mol. The molecule has 1 saturated heterocycles. The lowest BCUT2D eigenvalue weighted by atomic mass is 9.85. The lowest BCUT2D eigenvalue weighted by Crippen LogP contribution is -2.40. The molecule has 0 spiro atoms. The van der Waals surface area contributed by atoms with E-state index in [0.717, 1.165) is 49.9 Å². The van der Waals surface area contributed by atoms with Crippen molar-refractivity contribution in [3.05, 3.63) is 29.8 Å². The number of benzene rings is 1. The minimum Gasteiger partial charge on any atom is -0.351 e. The van der Waals surface area contributed by atoms with Gasteiger partial charge in [0.1, 0.15) is 0 Å². The highest BCUT2D eigenvalue weighted by atomic mass is 35.5. The molecule has 0 aromatic heterocycles. The summed E-state index contributed by atoms with van der Waals surface area (Å²) in [5, 5.41) is 9.10. The maximum Gasteiger partial charge on any atom is 0.237 e. The monoisotopic (exact) mass is 337 g/mol. The number of anilines is 1. The van der Waals surface area contributed by atoms with Crippen LogP contribution in [0.1, 0.15) is 37.7 Å². The maximum atomic E-state index is 12.0. The van der Waals surface area contributed by atoms with Gasteiger partial charge >= 0.3 is 0 Å². The fourth-order valence-electron chi connectivity index (χ4n) is 2.89.